The molecule has 3 rings (SSSR count). The van der Waals surface area contributed by atoms with Crippen LogP contribution in [0, 0.1) is 0 Å². The maximum absolute atomic E-state index is 13.0. The van der Waals surface area contributed by atoms with Crippen LogP contribution < -0.4 is 10.6 Å². The fourth-order valence-electron chi connectivity index (χ4n) is 3.95. The first kappa shape index (κ1) is 23.0. The lowest BCUT2D eigenvalue weighted by Crippen LogP contribution is -2.59. The van der Waals surface area contributed by atoms with Crippen LogP contribution in [0.3, 0.4) is 0 Å². The molecule has 0 atom stereocenters. The Kier molecular flexibility index (Phi) is 7.38. The van der Waals surface area contributed by atoms with E-state index in [4.69, 9.17) is 16.3 Å². The Labute approximate surface area is 182 Å². The van der Waals surface area contributed by atoms with Crippen molar-refractivity contribution in [2.75, 3.05) is 32.8 Å². The summed E-state index contributed by atoms with van der Waals surface area (Å²) in [5.41, 5.74) is -0.825. The Bertz CT molecular complexity index is 894. The van der Waals surface area contributed by atoms with Gasteiger partial charge in [0.1, 0.15) is 10.4 Å². The predicted octanol–water partition coefficient (Wildman–Crippen LogP) is 1.93. The van der Waals surface area contributed by atoms with E-state index in [1.807, 2.05) is 6.92 Å². The van der Waals surface area contributed by atoms with Crippen molar-refractivity contribution in [2.45, 2.75) is 49.5 Å². The van der Waals surface area contributed by atoms with Crippen molar-refractivity contribution in [3.05, 3.63) is 28.8 Å². The largest absolute Gasteiger partial charge is 0.379 e. The van der Waals surface area contributed by atoms with Crippen molar-refractivity contribution < 1.29 is 22.7 Å². The Morgan fingerprint density at radius 3 is 2.47 bits per heavy atom. The lowest BCUT2D eigenvalue weighted by molar-refractivity contribution is -0.128. The van der Waals surface area contributed by atoms with Gasteiger partial charge in [-0.2, -0.15) is 4.31 Å². The third-order valence-corrected chi connectivity index (χ3v) is 7.99. The predicted molar refractivity (Wildman–Crippen MR) is 113 cm³/mol. The molecule has 1 aliphatic carbocycles. The molecule has 1 heterocycles. The van der Waals surface area contributed by atoms with Crippen LogP contribution >= 0.6 is 11.6 Å². The number of morpholine rings is 1. The fourth-order valence-corrected chi connectivity index (χ4v) is 5.86. The van der Waals surface area contributed by atoms with E-state index in [1.165, 1.54) is 22.5 Å². The van der Waals surface area contributed by atoms with E-state index in [1.54, 1.807) is 0 Å². The zero-order chi connectivity index (χ0) is 21.8. The molecule has 8 nitrogen and oxygen atoms in total. The van der Waals surface area contributed by atoms with Crippen molar-refractivity contribution in [2.24, 2.45) is 0 Å². The van der Waals surface area contributed by atoms with E-state index < -0.39 is 21.5 Å². The number of carbonyl (C=O) groups is 2. The maximum atomic E-state index is 13.0. The van der Waals surface area contributed by atoms with Gasteiger partial charge in [-0.25, -0.2) is 8.42 Å². The molecule has 1 aliphatic heterocycles. The fraction of sp³-hybridized carbons (Fsp3) is 0.600. The van der Waals surface area contributed by atoms with Crippen LogP contribution in [-0.4, -0.2) is 62.9 Å². The molecule has 2 fully saturated rings. The summed E-state index contributed by atoms with van der Waals surface area (Å²) in [6, 6.07) is 4.17. The lowest BCUT2D eigenvalue weighted by Gasteiger charge is -2.36. The SMILES string of the molecule is CCNC(=O)C1(NC(=O)c2ccc(Cl)c(S(=O)(=O)N3CCOCC3)c2)CCCCC1. The van der Waals surface area contributed by atoms with Crippen LogP contribution in [0.25, 0.3) is 0 Å². The number of nitrogens with zero attached hydrogens (tertiary/aromatic N) is 1. The molecule has 10 heteroatoms. The van der Waals surface area contributed by atoms with Crippen molar-refractivity contribution in [1.82, 2.24) is 14.9 Å². The number of amides is 2. The van der Waals surface area contributed by atoms with Crippen LogP contribution in [-0.2, 0) is 19.6 Å². The van der Waals surface area contributed by atoms with Crippen molar-refractivity contribution in [1.29, 1.82) is 0 Å². The molecular formula is C20H28ClN3O5S. The molecule has 166 valence electrons. The third kappa shape index (κ3) is 4.80. The molecule has 0 bridgehead atoms. The number of likely N-dealkylation sites (N-methyl/N-ethyl adjacent to an activating group) is 1. The minimum Gasteiger partial charge on any atom is -0.379 e. The molecule has 30 heavy (non-hydrogen) atoms. The summed E-state index contributed by atoms with van der Waals surface area (Å²) in [4.78, 5) is 25.6. The second-order valence-corrected chi connectivity index (χ2v) is 9.93. The summed E-state index contributed by atoms with van der Waals surface area (Å²) < 4.78 is 32.6. The molecule has 0 spiro atoms. The highest BCUT2D eigenvalue weighted by atomic mass is 35.5. The molecule has 2 amide bonds. The van der Waals surface area contributed by atoms with Gasteiger partial charge in [-0.1, -0.05) is 30.9 Å². The van der Waals surface area contributed by atoms with Crippen LogP contribution in [0.5, 0.6) is 0 Å². The molecule has 0 unspecified atom stereocenters. The summed E-state index contributed by atoms with van der Waals surface area (Å²) in [6.45, 7) is 3.39. The van der Waals surface area contributed by atoms with Gasteiger partial charge in [0.15, 0.2) is 0 Å². The van der Waals surface area contributed by atoms with Gasteiger partial charge in [-0.15, -0.1) is 0 Å². The van der Waals surface area contributed by atoms with E-state index >= 15 is 0 Å². The third-order valence-electron chi connectivity index (χ3n) is 5.61. The molecule has 1 saturated carbocycles. The van der Waals surface area contributed by atoms with Crippen LogP contribution in [0.4, 0.5) is 0 Å². The van der Waals surface area contributed by atoms with E-state index in [-0.39, 0.29) is 34.5 Å². The second-order valence-electron chi connectivity index (χ2n) is 7.62. The van der Waals surface area contributed by atoms with Gasteiger partial charge in [-0.05, 0) is 38.0 Å². The average molecular weight is 458 g/mol. The summed E-state index contributed by atoms with van der Waals surface area (Å²) in [7, 11) is -3.86. The van der Waals surface area contributed by atoms with Crippen LogP contribution in [0.15, 0.2) is 23.1 Å². The standard InChI is InChI=1S/C20H28ClN3O5S/c1-2-22-19(26)20(8-4-3-5-9-20)23-18(25)15-6-7-16(21)17(14-15)30(27,28)24-10-12-29-13-11-24/h6-7,14H,2-5,8-13H2,1H3,(H,22,26)(H,23,25). The number of carbonyl (C=O) groups excluding carboxylic acids is 2. The lowest BCUT2D eigenvalue weighted by atomic mass is 9.80. The van der Waals surface area contributed by atoms with Crippen LogP contribution in [0.1, 0.15) is 49.4 Å². The Balaban J connectivity index is 1.87. The highest BCUT2D eigenvalue weighted by Gasteiger charge is 2.41. The molecule has 0 radical (unpaired) electrons. The number of nitrogens with one attached hydrogen (secondary N) is 2. The van der Waals surface area contributed by atoms with Crippen LogP contribution in [0.2, 0.25) is 5.02 Å². The quantitative estimate of drug-likeness (QED) is 0.679. The highest BCUT2D eigenvalue weighted by molar-refractivity contribution is 7.89. The van der Waals surface area contributed by atoms with E-state index in [0.29, 0.717) is 32.6 Å². The smallest absolute Gasteiger partial charge is 0.252 e. The molecule has 0 aromatic heterocycles. The molecular weight excluding hydrogens is 430 g/mol. The summed E-state index contributed by atoms with van der Waals surface area (Å²) in [5.74, 6) is -0.688. The topological polar surface area (TPSA) is 105 Å². The first-order valence-electron chi connectivity index (χ1n) is 10.3. The van der Waals surface area contributed by atoms with E-state index in [0.717, 1.165) is 19.3 Å². The molecule has 1 aromatic carbocycles. The van der Waals surface area contributed by atoms with Crippen molar-refractivity contribution in [3.8, 4) is 0 Å². The summed E-state index contributed by atoms with van der Waals surface area (Å²) in [5, 5.41) is 5.75. The molecule has 2 aliphatic rings. The first-order chi connectivity index (χ1) is 14.3. The molecule has 1 aromatic rings. The number of hydrogen-bond donors (Lipinski definition) is 2. The summed E-state index contributed by atoms with van der Waals surface area (Å²) in [6.07, 6.45) is 3.80. The zero-order valence-corrected chi connectivity index (χ0v) is 18.7. The van der Waals surface area contributed by atoms with Gasteiger partial charge < -0.3 is 15.4 Å². The number of hydrogen-bond acceptors (Lipinski definition) is 5. The minimum absolute atomic E-state index is 0.0501. The number of ether oxygens (including phenoxy) is 1. The number of sulfonamides is 1. The van der Waals surface area contributed by atoms with Gasteiger partial charge in [0, 0.05) is 25.2 Å². The molecule has 1 saturated heterocycles. The number of benzene rings is 1. The van der Waals surface area contributed by atoms with Gasteiger partial charge >= 0.3 is 0 Å². The monoisotopic (exact) mass is 457 g/mol. The Hall–Kier alpha value is -1.68. The van der Waals surface area contributed by atoms with Gasteiger partial charge in [0.05, 0.1) is 18.2 Å². The van der Waals surface area contributed by atoms with Gasteiger partial charge in [0.2, 0.25) is 15.9 Å². The van der Waals surface area contributed by atoms with Gasteiger partial charge in [-0.3, -0.25) is 9.59 Å². The molecule has 2 N–H and O–H groups in total. The second kappa shape index (κ2) is 9.64. The first-order valence-corrected chi connectivity index (χ1v) is 12.1. The Morgan fingerprint density at radius 2 is 1.83 bits per heavy atom. The minimum atomic E-state index is -3.86. The highest BCUT2D eigenvalue weighted by Crippen LogP contribution is 2.30. The maximum Gasteiger partial charge on any atom is 0.252 e. The van der Waals surface area contributed by atoms with E-state index in [9.17, 15) is 18.0 Å². The number of rotatable bonds is 6. The normalized spacial score (nSPS) is 19.8. The average Bonchev–Trinajstić information content (AvgIpc) is 2.75. The Morgan fingerprint density at radius 1 is 1.17 bits per heavy atom. The van der Waals surface area contributed by atoms with E-state index in [2.05, 4.69) is 10.6 Å². The summed E-state index contributed by atoms with van der Waals surface area (Å²) >= 11 is 6.18. The zero-order valence-electron chi connectivity index (χ0n) is 17.1. The van der Waals surface area contributed by atoms with Crippen molar-refractivity contribution >= 4 is 33.4 Å². The van der Waals surface area contributed by atoms with Crippen molar-refractivity contribution in [3.63, 3.8) is 0 Å². The number of halogens is 1. The van der Waals surface area contributed by atoms with Gasteiger partial charge in [0.25, 0.3) is 5.91 Å².